The maximum atomic E-state index is 11.1. The Labute approximate surface area is 74.9 Å². The van der Waals surface area contributed by atoms with E-state index in [4.69, 9.17) is 0 Å². The number of piperidine rings is 1. The first-order chi connectivity index (χ1) is 5.74. The van der Waals surface area contributed by atoms with Crippen LogP contribution in [-0.2, 0) is 4.79 Å². The maximum absolute atomic E-state index is 11.1. The summed E-state index contributed by atoms with van der Waals surface area (Å²) in [7, 11) is 0. The Kier molecular flexibility index (Phi) is 3.73. The van der Waals surface area contributed by atoms with Crippen LogP contribution in [0.4, 0.5) is 0 Å². The third-order valence-electron chi connectivity index (χ3n) is 2.62. The summed E-state index contributed by atoms with van der Waals surface area (Å²) in [6.07, 6.45) is 3.50. The molecule has 0 spiro atoms. The number of Topliss-reactive ketones (excluding diaryl/α,β-unsaturated/α-hetero) is 1. The van der Waals surface area contributed by atoms with Crippen molar-refractivity contribution in [2.75, 3.05) is 19.6 Å². The van der Waals surface area contributed by atoms with Gasteiger partial charge in [0.05, 0.1) is 0 Å². The Morgan fingerprint density at radius 2 is 2.33 bits per heavy atom. The highest BCUT2D eigenvalue weighted by Gasteiger charge is 2.21. The summed E-state index contributed by atoms with van der Waals surface area (Å²) in [5.41, 5.74) is 0. The second kappa shape index (κ2) is 4.61. The largest absolute Gasteiger partial charge is 0.303 e. The topological polar surface area (TPSA) is 20.3 Å². The number of carbonyl (C=O) groups is 1. The van der Waals surface area contributed by atoms with Crippen LogP contribution in [0.2, 0.25) is 0 Å². The third kappa shape index (κ3) is 2.59. The van der Waals surface area contributed by atoms with Crippen molar-refractivity contribution in [1.29, 1.82) is 0 Å². The van der Waals surface area contributed by atoms with Crippen molar-refractivity contribution in [3.8, 4) is 0 Å². The number of ketones is 1. The minimum absolute atomic E-state index is 0.324. The number of hydrogen-bond acceptors (Lipinski definition) is 2. The standard InChI is InChI=1S/C10H19NO/c1-3-6-11-7-4-5-10(8-11)9(2)12/h10H,3-8H2,1-2H3/t10-/m0/s1. The molecule has 0 unspecified atom stereocenters. The molecule has 0 aromatic carbocycles. The second-order valence-corrected chi connectivity index (χ2v) is 3.75. The number of hydrogen-bond donors (Lipinski definition) is 0. The van der Waals surface area contributed by atoms with Crippen molar-refractivity contribution in [2.45, 2.75) is 33.1 Å². The molecule has 70 valence electrons. The maximum Gasteiger partial charge on any atom is 0.134 e. The zero-order chi connectivity index (χ0) is 8.97. The van der Waals surface area contributed by atoms with E-state index in [2.05, 4.69) is 11.8 Å². The van der Waals surface area contributed by atoms with Crippen LogP contribution in [-0.4, -0.2) is 30.3 Å². The first-order valence-corrected chi connectivity index (χ1v) is 4.97. The van der Waals surface area contributed by atoms with Crippen molar-refractivity contribution >= 4 is 5.78 Å². The van der Waals surface area contributed by atoms with Crippen molar-refractivity contribution in [3.05, 3.63) is 0 Å². The Morgan fingerprint density at radius 1 is 1.58 bits per heavy atom. The average Bonchev–Trinajstić information content (AvgIpc) is 2.05. The van der Waals surface area contributed by atoms with Crippen LogP contribution in [0.15, 0.2) is 0 Å². The molecule has 0 N–H and O–H groups in total. The molecular weight excluding hydrogens is 150 g/mol. The predicted octanol–water partition coefficient (Wildman–Crippen LogP) is 1.70. The highest BCUT2D eigenvalue weighted by Crippen LogP contribution is 2.16. The highest BCUT2D eigenvalue weighted by atomic mass is 16.1. The summed E-state index contributed by atoms with van der Waals surface area (Å²) in [5, 5.41) is 0. The molecule has 0 radical (unpaired) electrons. The number of rotatable bonds is 3. The fourth-order valence-corrected chi connectivity index (χ4v) is 1.91. The van der Waals surface area contributed by atoms with Crippen LogP contribution in [0.3, 0.4) is 0 Å². The summed E-state index contributed by atoms with van der Waals surface area (Å²) < 4.78 is 0. The van der Waals surface area contributed by atoms with Gasteiger partial charge in [0, 0.05) is 12.5 Å². The summed E-state index contributed by atoms with van der Waals surface area (Å²) in [5.74, 6) is 0.695. The molecule has 0 amide bonds. The van der Waals surface area contributed by atoms with Crippen LogP contribution in [0.25, 0.3) is 0 Å². The average molecular weight is 169 g/mol. The summed E-state index contributed by atoms with van der Waals surface area (Å²) in [6.45, 7) is 7.27. The molecule has 2 nitrogen and oxygen atoms in total. The van der Waals surface area contributed by atoms with Gasteiger partial charge in [0.15, 0.2) is 0 Å². The first-order valence-electron chi connectivity index (χ1n) is 4.97. The number of likely N-dealkylation sites (tertiary alicyclic amines) is 1. The van der Waals surface area contributed by atoms with Crippen LogP contribution in [0.1, 0.15) is 33.1 Å². The molecule has 1 aliphatic rings. The Balaban J connectivity index is 2.35. The van der Waals surface area contributed by atoms with Gasteiger partial charge in [-0.3, -0.25) is 4.79 Å². The molecule has 1 aliphatic heterocycles. The summed E-state index contributed by atoms with van der Waals surface area (Å²) >= 11 is 0. The fraction of sp³-hybridized carbons (Fsp3) is 0.900. The molecule has 12 heavy (non-hydrogen) atoms. The van der Waals surface area contributed by atoms with Gasteiger partial charge in [0.1, 0.15) is 5.78 Å². The Bertz CT molecular complexity index is 154. The highest BCUT2D eigenvalue weighted by molar-refractivity contribution is 5.78. The van der Waals surface area contributed by atoms with Crippen molar-refractivity contribution in [3.63, 3.8) is 0 Å². The molecular formula is C10H19NO. The molecule has 0 saturated carbocycles. The van der Waals surface area contributed by atoms with E-state index in [0.717, 1.165) is 19.5 Å². The van der Waals surface area contributed by atoms with Gasteiger partial charge in [0.25, 0.3) is 0 Å². The normalized spacial score (nSPS) is 25.7. The molecule has 1 atom stereocenters. The van der Waals surface area contributed by atoms with Crippen LogP contribution < -0.4 is 0 Å². The Hall–Kier alpha value is -0.370. The van der Waals surface area contributed by atoms with E-state index in [1.54, 1.807) is 6.92 Å². The van der Waals surface area contributed by atoms with E-state index in [1.807, 2.05) is 0 Å². The van der Waals surface area contributed by atoms with Crippen molar-refractivity contribution in [1.82, 2.24) is 4.90 Å². The molecule has 0 aromatic rings. The van der Waals surface area contributed by atoms with E-state index in [-0.39, 0.29) is 0 Å². The van der Waals surface area contributed by atoms with Crippen LogP contribution in [0, 0.1) is 5.92 Å². The molecule has 2 heteroatoms. The monoisotopic (exact) mass is 169 g/mol. The van der Waals surface area contributed by atoms with Gasteiger partial charge in [0.2, 0.25) is 0 Å². The zero-order valence-electron chi connectivity index (χ0n) is 8.18. The summed E-state index contributed by atoms with van der Waals surface area (Å²) in [4.78, 5) is 13.5. The van der Waals surface area contributed by atoms with Gasteiger partial charge in [-0.25, -0.2) is 0 Å². The van der Waals surface area contributed by atoms with E-state index in [1.165, 1.54) is 19.4 Å². The quantitative estimate of drug-likeness (QED) is 0.641. The smallest absolute Gasteiger partial charge is 0.134 e. The minimum atomic E-state index is 0.324. The lowest BCUT2D eigenvalue weighted by molar-refractivity contribution is -0.122. The van der Waals surface area contributed by atoms with Gasteiger partial charge >= 0.3 is 0 Å². The van der Waals surface area contributed by atoms with Crippen molar-refractivity contribution in [2.24, 2.45) is 5.92 Å². The van der Waals surface area contributed by atoms with Gasteiger partial charge < -0.3 is 4.90 Å². The van der Waals surface area contributed by atoms with E-state index in [0.29, 0.717) is 11.7 Å². The lowest BCUT2D eigenvalue weighted by atomic mass is 9.94. The fourth-order valence-electron chi connectivity index (χ4n) is 1.91. The van der Waals surface area contributed by atoms with E-state index >= 15 is 0 Å². The molecule has 0 aliphatic carbocycles. The van der Waals surface area contributed by atoms with Gasteiger partial charge in [-0.1, -0.05) is 6.92 Å². The first kappa shape index (κ1) is 9.72. The Morgan fingerprint density at radius 3 is 2.92 bits per heavy atom. The molecule has 1 fully saturated rings. The zero-order valence-corrected chi connectivity index (χ0v) is 8.18. The number of nitrogens with zero attached hydrogens (tertiary/aromatic N) is 1. The third-order valence-corrected chi connectivity index (χ3v) is 2.62. The van der Waals surface area contributed by atoms with Crippen LogP contribution in [0.5, 0.6) is 0 Å². The van der Waals surface area contributed by atoms with Gasteiger partial charge in [-0.2, -0.15) is 0 Å². The van der Waals surface area contributed by atoms with E-state index < -0.39 is 0 Å². The molecule has 0 bridgehead atoms. The van der Waals surface area contributed by atoms with E-state index in [9.17, 15) is 4.79 Å². The number of carbonyl (C=O) groups excluding carboxylic acids is 1. The minimum Gasteiger partial charge on any atom is -0.303 e. The van der Waals surface area contributed by atoms with Gasteiger partial charge in [-0.05, 0) is 39.3 Å². The lowest BCUT2D eigenvalue weighted by Crippen LogP contribution is -2.38. The molecule has 0 aromatic heterocycles. The molecule has 1 heterocycles. The van der Waals surface area contributed by atoms with Crippen molar-refractivity contribution < 1.29 is 4.79 Å². The molecule has 1 rings (SSSR count). The summed E-state index contributed by atoms with van der Waals surface area (Å²) in [6, 6.07) is 0. The molecule has 1 saturated heterocycles. The van der Waals surface area contributed by atoms with Gasteiger partial charge in [-0.15, -0.1) is 0 Å². The SMILES string of the molecule is CCCN1CCC[C@H](C(C)=O)C1. The predicted molar refractivity (Wildman–Crippen MR) is 50.1 cm³/mol. The lowest BCUT2D eigenvalue weighted by Gasteiger charge is -2.30. The van der Waals surface area contributed by atoms with Crippen LogP contribution >= 0.6 is 0 Å². The second-order valence-electron chi connectivity index (χ2n) is 3.75.